The number of hydrogen-bond acceptors (Lipinski definition) is 3. The van der Waals surface area contributed by atoms with Crippen molar-refractivity contribution >= 4 is 0 Å². The van der Waals surface area contributed by atoms with Crippen molar-refractivity contribution in [1.29, 1.82) is 0 Å². The Balaban J connectivity index is 2.09. The van der Waals surface area contributed by atoms with Crippen LogP contribution in [0.1, 0.15) is 22.3 Å². The molecule has 0 N–H and O–H groups in total. The van der Waals surface area contributed by atoms with E-state index in [4.69, 9.17) is 0 Å². The van der Waals surface area contributed by atoms with Crippen LogP contribution in [-0.4, -0.2) is 15.0 Å². The fraction of sp³-hybridized carbons (Fsp3) is 0.211. The highest BCUT2D eigenvalue weighted by atomic mass is 15.0. The Bertz CT molecular complexity index is 731. The maximum atomic E-state index is 4.66. The highest BCUT2D eigenvalue weighted by Crippen LogP contribution is 2.22. The van der Waals surface area contributed by atoms with Crippen LogP contribution in [0.3, 0.4) is 0 Å². The van der Waals surface area contributed by atoms with Gasteiger partial charge in [-0.2, -0.15) is 0 Å². The molecule has 3 aromatic rings. The Kier molecular flexibility index (Phi) is 3.72. The SMILES string of the molecule is Cc1cc(C)cc(-c2ncnc(-c3cc(C)cc(C)c3)n2)c1. The molecule has 0 aliphatic rings. The molecule has 0 aliphatic carbocycles. The molecule has 0 fully saturated rings. The van der Waals surface area contributed by atoms with Gasteiger partial charge >= 0.3 is 0 Å². The molecule has 22 heavy (non-hydrogen) atoms. The summed E-state index contributed by atoms with van der Waals surface area (Å²) in [4.78, 5) is 13.3. The van der Waals surface area contributed by atoms with Crippen LogP contribution < -0.4 is 0 Å². The molecule has 0 bridgehead atoms. The Morgan fingerprint density at radius 1 is 0.545 bits per heavy atom. The highest BCUT2D eigenvalue weighted by Gasteiger charge is 2.08. The Morgan fingerprint density at radius 2 is 0.909 bits per heavy atom. The summed E-state index contributed by atoms with van der Waals surface area (Å²) in [6.45, 7) is 8.34. The summed E-state index contributed by atoms with van der Waals surface area (Å²) in [6, 6.07) is 12.7. The lowest BCUT2D eigenvalue weighted by Crippen LogP contribution is -1.96. The summed E-state index contributed by atoms with van der Waals surface area (Å²) >= 11 is 0. The first-order valence-electron chi connectivity index (χ1n) is 7.37. The van der Waals surface area contributed by atoms with Gasteiger partial charge in [-0.1, -0.05) is 34.4 Å². The van der Waals surface area contributed by atoms with Crippen molar-refractivity contribution < 1.29 is 0 Å². The maximum absolute atomic E-state index is 4.66. The van der Waals surface area contributed by atoms with Gasteiger partial charge in [0.05, 0.1) is 0 Å². The van der Waals surface area contributed by atoms with E-state index in [2.05, 4.69) is 79.0 Å². The Labute approximate surface area is 131 Å². The number of rotatable bonds is 2. The van der Waals surface area contributed by atoms with Gasteiger partial charge in [-0.05, 0) is 52.0 Å². The van der Waals surface area contributed by atoms with Crippen LogP contribution in [0.25, 0.3) is 22.8 Å². The number of aromatic nitrogens is 3. The third-order valence-corrected chi connectivity index (χ3v) is 3.53. The Hall–Kier alpha value is -2.55. The monoisotopic (exact) mass is 289 g/mol. The average molecular weight is 289 g/mol. The van der Waals surface area contributed by atoms with E-state index in [-0.39, 0.29) is 0 Å². The van der Waals surface area contributed by atoms with Gasteiger partial charge in [-0.15, -0.1) is 0 Å². The second kappa shape index (κ2) is 5.68. The molecule has 0 spiro atoms. The molecule has 3 nitrogen and oxygen atoms in total. The number of aryl methyl sites for hydroxylation is 4. The van der Waals surface area contributed by atoms with Crippen LogP contribution in [0.2, 0.25) is 0 Å². The van der Waals surface area contributed by atoms with Crippen molar-refractivity contribution in [2.45, 2.75) is 27.7 Å². The lowest BCUT2D eigenvalue weighted by atomic mass is 10.1. The first-order chi connectivity index (χ1) is 10.5. The molecule has 0 amide bonds. The van der Waals surface area contributed by atoms with Crippen LogP contribution in [0.4, 0.5) is 0 Å². The average Bonchev–Trinajstić information content (AvgIpc) is 2.45. The van der Waals surface area contributed by atoms with Crippen molar-refractivity contribution in [3.05, 3.63) is 65.0 Å². The van der Waals surface area contributed by atoms with Gasteiger partial charge in [0.2, 0.25) is 0 Å². The molecule has 0 unspecified atom stereocenters. The molecule has 0 saturated carbocycles. The van der Waals surface area contributed by atoms with E-state index in [9.17, 15) is 0 Å². The third kappa shape index (κ3) is 3.03. The number of benzene rings is 2. The van der Waals surface area contributed by atoms with Crippen LogP contribution in [0.15, 0.2) is 42.7 Å². The minimum Gasteiger partial charge on any atom is -0.217 e. The van der Waals surface area contributed by atoms with Crippen molar-refractivity contribution in [1.82, 2.24) is 15.0 Å². The minimum absolute atomic E-state index is 0.718. The first kappa shape index (κ1) is 14.4. The van der Waals surface area contributed by atoms with Crippen molar-refractivity contribution in [3.63, 3.8) is 0 Å². The topological polar surface area (TPSA) is 38.7 Å². The van der Waals surface area contributed by atoms with Crippen molar-refractivity contribution in [3.8, 4) is 22.8 Å². The van der Waals surface area contributed by atoms with Gasteiger partial charge in [0, 0.05) is 11.1 Å². The molecule has 1 aromatic heterocycles. The predicted octanol–water partition coefficient (Wildman–Crippen LogP) is 4.44. The van der Waals surface area contributed by atoms with Crippen LogP contribution in [0, 0.1) is 27.7 Å². The highest BCUT2D eigenvalue weighted by molar-refractivity contribution is 5.62. The largest absolute Gasteiger partial charge is 0.217 e. The minimum atomic E-state index is 0.718. The van der Waals surface area contributed by atoms with E-state index >= 15 is 0 Å². The molecular formula is C19H19N3. The molecule has 3 rings (SSSR count). The molecule has 0 saturated heterocycles. The third-order valence-electron chi connectivity index (χ3n) is 3.53. The van der Waals surface area contributed by atoms with Gasteiger partial charge < -0.3 is 0 Å². The van der Waals surface area contributed by atoms with Gasteiger partial charge in [0.15, 0.2) is 11.6 Å². The number of nitrogens with zero attached hydrogens (tertiary/aromatic N) is 3. The van der Waals surface area contributed by atoms with Gasteiger partial charge in [-0.3, -0.25) is 0 Å². The molecular weight excluding hydrogens is 270 g/mol. The normalized spacial score (nSPS) is 10.7. The van der Waals surface area contributed by atoms with Crippen LogP contribution in [-0.2, 0) is 0 Å². The van der Waals surface area contributed by atoms with E-state index in [1.54, 1.807) is 6.33 Å². The zero-order chi connectivity index (χ0) is 15.7. The van der Waals surface area contributed by atoms with E-state index in [0.717, 1.165) is 22.8 Å². The van der Waals surface area contributed by atoms with E-state index in [1.165, 1.54) is 22.3 Å². The lowest BCUT2D eigenvalue weighted by molar-refractivity contribution is 1.06. The summed E-state index contributed by atoms with van der Waals surface area (Å²) in [5, 5.41) is 0. The zero-order valence-electron chi connectivity index (χ0n) is 13.4. The summed E-state index contributed by atoms with van der Waals surface area (Å²) in [5.74, 6) is 1.44. The van der Waals surface area contributed by atoms with E-state index in [1.807, 2.05) is 0 Å². The van der Waals surface area contributed by atoms with Gasteiger partial charge in [-0.25, -0.2) is 15.0 Å². The smallest absolute Gasteiger partial charge is 0.163 e. The Morgan fingerprint density at radius 3 is 1.27 bits per heavy atom. The van der Waals surface area contributed by atoms with Gasteiger partial charge in [0.25, 0.3) is 0 Å². The summed E-state index contributed by atoms with van der Waals surface area (Å²) in [7, 11) is 0. The quantitative estimate of drug-likeness (QED) is 0.700. The number of hydrogen-bond donors (Lipinski definition) is 0. The summed E-state index contributed by atoms with van der Waals surface area (Å²) < 4.78 is 0. The standard InChI is InChI=1S/C19H19N3/c1-12-5-13(2)8-16(7-12)18-20-11-21-19(22-18)17-9-14(3)6-15(4)10-17/h5-11H,1-4H3. The molecule has 0 aliphatic heterocycles. The first-order valence-corrected chi connectivity index (χ1v) is 7.37. The van der Waals surface area contributed by atoms with Crippen LogP contribution >= 0.6 is 0 Å². The summed E-state index contributed by atoms with van der Waals surface area (Å²) in [5.41, 5.74) is 6.91. The summed E-state index contributed by atoms with van der Waals surface area (Å²) in [6.07, 6.45) is 1.59. The van der Waals surface area contributed by atoms with E-state index in [0.29, 0.717) is 0 Å². The second-order valence-corrected chi connectivity index (χ2v) is 5.89. The lowest BCUT2D eigenvalue weighted by Gasteiger charge is -2.07. The molecule has 110 valence electrons. The fourth-order valence-corrected chi connectivity index (χ4v) is 2.78. The zero-order valence-corrected chi connectivity index (χ0v) is 13.4. The molecule has 2 aromatic carbocycles. The molecule has 1 heterocycles. The van der Waals surface area contributed by atoms with E-state index < -0.39 is 0 Å². The molecule has 0 radical (unpaired) electrons. The second-order valence-electron chi connectivity index (χ2n) is 5.89. The van der Waals surface area contributed by atoms with Crippen molar-refractivity contribution in [2.75, 3.05) is 0 Å². The maximum Gasteiger partial charge on any atom is 0.163 e. The molecule has 3 heteroatoms. The fourth-order valence-electron chi connectivity index (χ4n) is 2.78. The van der Waals surface area contributed by atoms with Gasteiger partial charge in [0.1, 0.15) is 6.33 Å². The predicted molar refractivity (Wildman–Crippen MR) is 89.6 cm³/mol. The van der Waals surface area contributed by atoms with Crippen molar-refractivity contribution in [2.24, 2.45) is 0 Å². The van der Waals surface area contributed by atoms with Crippen LogP contribution in [0.5, 0.6) is 0 Å². The molecule has 0 atom stereocenters.